The maximum absolute atomic E-state index is 13.8. The van der Waals surface area contributed by atoms with Gasteiger partial charge in [-0.2, -0.15) is 0 Å². The topological polar surface area (TPSA) is 38.3 Å². The largest absolute Gasteiger partial charge is 0.497 e. The van der Waals surface area contributed by atoms with Gasteiger partial charge in [0.05, 0.1) is 23.4 Å². The van der Waals surface area contributed by atoms with Gasteiger partial charge in [0.2, 0.25) is 0 Å². The van der Waals surface area contributed by atoms with Gasteiger partial charge in [0, 0.05) is 10.5 Å². The number of rotatable bonds is 3. The molecule has 0 saturated carbocycles. The van der Waals surface area contributed by atoms with Crippen molar-refractivity contribution in [2.75, 3.05) is 12.4 Å². The third-order valence-electron chi connectivity index (χ3n) is 2.60. The van der Waals surface area contributed by atoms with Crippen LogP contribution in [0.15, 0.2) is 40.9 Å². The minimum atomic E-state index is -0.657. The van der Waals surface area contributed by atoms with Gasteiger partial charge in [-0.05, 0) is 30.3 Å². The number of anilines is 1. The summed E-state index contributed by atoms with van der Waals surface area (Å²) in [5, 5.41) is 2.92. The smallest absolute Gasteiger partial charge is 0.258 e. The lowest BCUT2D eigenvalue weighted by Crippen LogP contribution is -2.14. The summed E-state index contributed by atoms with van der Waals surface area (Å²) < 4.78 is 19.4. The third-order valence-corrected chi connectivity index (χ3v) is 3.41. The van der Waals surface area contributed by atoms with Gasteiger partial charge >= 0.3 is 0 Å². The van der Waals surface area contributed by atoms with Crippen LogP contribution in [0.3, 0.4) is 0 Å². The third kappa shape index (κ3) is 3.29. The van der Waals surface area contributed by atoms with Crippen LogP contribution in [-0.4, -0.2) is 13.0 Å². The molecule has 104 valence electrons. The number of amides is 1. The van der Waals surface area contributed by atoms with Crippen LogP contribution < -0.4 is 10.1 Å². The molecule has 6 heteroatoms. The summed E-state index contributed by atoms with van der Waals surface area (Å²) in [4.78, 5) is 12.0. The Kier molecular flexibility index (Phi) is 4.62. The molecule has 20 heavy (non-hydrogen) atoms. The van der Waals surface area contributed by atoms with Crippen molar-refractivity contribution in [3.63, 3.8) is 0 Å². The lowest BCUT2D eigenvalue weighted by atomic mass is 10.2. The lowest BCUT2D eigenvalue weighted by Gasteiger charge is -2.09. The molecular weight excluding hydrogens is 349 g/mol. The molecule has 0 bridgehead atoms. The molecule has 0 spiro atoms. The molecule has 0 aliphatic heterocycles. The zero-order chi connectivity index (χ0) is 14.7. The zero-order valence-corrected chi connectivity index (χ0v) is 12.8. The highest BCUT2D eigenvalue weighted by molar-refractivity contribution is 9.10. The van der Waals surface area contributed by atoms with Gasteiger partial charge in [0.25, 0.3) is 5.91 Å². The zero-order valence-electron chi connectivity index (χ0n) is 10.4. The summed E-state index contributed by atoms with van der Waals surface area (Å²) >= 11 is 9.25. The van der Waals surface area contributed by atoms with E-state index in [1.165, 1.54) is 19.2 Å². The van der Waals surface area contributed by atoms with Crippen molar-refractivity contribution in [2.45, 2.75) is 0 Å². The van der Waals surface area contributed by atoms with Crippen molar-refractivity contribution in [2.24, 2.45) is 0 Å². The van der Waals surface area contributed by atoms with E-state index in [-0.39, 0.29) is 5.56 Å². The number of nitrogens with one attached hydrogen (secondary N) is 1. The second-order valence-electron chi connectivity index (χ2n) is 3.92. The highest BCUT2D eigenvalue weighted by Gasteiger charge is 2.14. The molecule has 0 aromatic heterocycles. The van der Waals surface area contributed by atoms with E-state index >= 15 is 0 Å². The monoisotopic (exact) mass is 357 g/mol. The number of carbonyl (C=O) groups is 1. The molecule has 0 saturated heterocycles. The number of benzene rings is 2. The molecule has 3 nitrogen and oxygen atoms in total. The molecule has 0 heterocycles. The Morgan fingerprint density at radius 2 is 2.05 bits per heavy atom. The summed E-state index contributed by atoms with van der Waals surface area (Å²) in [5.74, 6) is -0.884. The molecule has 1 N–H and O–H groups in total. The fraction of sp³-hybridized carbons (Fsp3) is 0.0714. The van der Waals surface area contributed by atoms with E-state index in [1.54, 1.807) is 18.2 Å². The summed E-state index contributed by atoms with van der Waals surface area (Å²) in [7, 11) is 1.43. The molecule has 2 aromatic rings. The van der Waals surface area contributed by atoms with E-state index in [0.29, 0.717) is 16.5 Å². The van der Waals surface area contributed by atoms with Gasteiger partial charge in [-0.25, -0.2) is 4.39 Å². The summed E-state index contributed by atoms with van der Waals surface area (Å²) in [6, 6.07) is 9.02. The van der Waals surface area contributed by atoms with Crippen LogP contribution >= 0.6 is 27.5 Å². The molecule has 0 atom stereocenters. The molecule has 0 aliphatic rings. The fourth-order valence-corrected chi connectivity index (χ4v) is 2.31. The van der Waals surface area contributed by atoms with Crippen molar-refractivity contribution in [1.82, 2.24) is 0 Å². The summed E-state index contributed by atoms with van der Waals surface area (Å²) in [6.45, 7) is 0. The van der Waals surface area contributed by atoms with E-state index in [2.05, 4.69) is 21.2 Å². The Labute approximate surface area is 128 Å². The van der Waals surface area contributed by atoms with Gasteiger partial charge in [-0.15, -0.1) is 0 Å². The molecule has 0 radical (unpaired) electrons. The fourth-order valence-electron chi connectivity index (χ4n) is 1.59. The molecule has 1 amide bonds. The van der Waals surface area contributed by atoms with E-state index in [4.69, 9.17) is 16.3 Å². The van der Waals surface area contributed by atoms with E-state index < -0.39 is 11.7 Å². The van der Waals surface area contributed by atoms with Crippen LogP contribution in [0.1, 0.15) is 10.4 Å². The number of ether oxygens (including phenoxy) is 1. The Morgan fingerprint density at radius 1 is 1.30 bits per heavy atom. The SMILES string of the molecule is COc1ccc(C(=O)Nc2ccc(Br)cc2Cl)c(F)c1. The summed E-state index contributed by atoms with van der Waals surface area (Å²) in [6.07, 6.45) is 0. The highest BCUT2D eigenvalue weighted by Crippen LogP contribution is 2.26. The van der Waals surface area contributed by atoms with E-state index in [1.807, 2.05) is 0 Å². The molecular formula is C14H10BrClFNO2. The predicted molar refractivity (Wildman–Crippen MR) is 80.1 cm³/mol. The molecule has 2 rings (SSSR count). The quantitative estimate of drug-likeness (QED) is 0.877. The predicted octanol–water partition coefficient (Wildman–Crippen LogP) is 4.50. The van der Waals surface area contributed by atoms with Gasteiger partial charge in [-0.1, -0.05) is 27.5 Å². The Morgan fingerprint density at radius 3 is 2.65 bits per heavy atom. The normalized spacial score (nSPS) is 10.2. The minimum Gasteiger partial charge on any atom is -0.497 e. The van der Waals surface area contributed by atoms with Crippen LogP contribution in [0.2, 0.25) is 5.02 Å². The average Bonchev–Trinajstić information content (AvgIpc) is 2.41. The van der Waals surface area contributed by atoms with E-state index in [9.17, 15) is 9.18 Å². The van der Waals surface area contributed by atoms with Crippen LogP contribution in [0.4, 0.5) is 10.1 Å². The van der Waals surface area contributed by atoms with Crippen LogP contribution in [0.5, 0.6) is 5.75 Å². The second-order valence-corrected chi connectivity index (χ2v) is 5.25. The van der Waals surface area contributed by atoms with Crippen LogP contribution in [0, 0.1) is 5.82 Å². The number of carbonyl (C=O) groups excluding carboxylic acids is 1. The molecule has 0 fully saturated rings. The van der Waals surface area contributed by atoms with Crippen molar-refractivity contribution < 1.29 is 13.9 Å². The second kappa shape index (κ2) is 6.24. The van der Waals surface area contributed by atoms with Crippen molar-refractivity contribution >= 4 is 39.1 Å². The first-order valence-electron chi connectivity index (χ1n) is 5.61. The van der Waals surface area contributed by atoms with Gasteiger partial charge in [-0.3, -0.25) is 4.79 Å². The maximum atomic E-state index is 13.8. The van der Waals surface area contributed by atoms with Crippen LogP contribution in [-0.2, 0) is 0 Å². The Hall–Kier alpha value is -1.59. The molecule has 0 unspecified atom stereocenters. The van der Waals surface area contributed by atoms with Gasteiger partial charge in [0.1, 0.15) is 11.6 Å². The average molecular weight is 359 g/mol. The number of hydrogen-bond acceptors (Lipinski definition) is 2. The summed E-state index contributed by atoms with van der Waals surface area (Å²) in [5.41, 5.74) is 0.333. The van der Waals surface area contributed by atoms with Gasteiger partial charge < -0.3 is 10.1 Å². The first kappa shape index (κ1) is 14.8. The first-order valence-corrected chi connectivity index (χ1v) is 6.78. The van der Waals surface area contributed by atoms with Gasteiger partial charge in [0.15, 0.2) is 0 Å². The van der Waals surface area contributed by atoms with Crippen molar-refractivity contribution in [3.8, 4) is 5.75 Å². The van der Waals surface area contributed by atoms with Crippen LogP contribution in [0.25, 0.3) is 0 Å². The minimum absolute atomic E-state index is 0.0789. The lowest BCUT2D eigenvalue weighted by molar-refractivity contribution is 0.102. The molecule has 2 aromatic carbocycles. The van der Waals surface area contributed by atoms with Crippen molar-refractivity contribution in [1.29, 1.82) is 0 Å². The Balaban J connectivity index is 2.24. The first-order chi connectivity index (χ1) is 9.51. The number of halogens is 3. The number of hydrogen-bond donors (Lipinski definition) is 1. The number of methoxy groups -OCH3 is 1. The van der Waals surface area contributed by atoms with E-state index in [0.717, 1.165) is 10.5 Å². The standard InChI is InChI=1S/C14H10BrClFNO2/c1-20-9-3-4-10(12(17)7-9)14(19)18-13-5-2-8(15)6-11(13)16/h2-7H,1H3,(H,18,19). The van der Waals surface area contributed by atoms with Crippen molar-refractivity contribution in [3.05, 3.63) is 57.3 Å². The highest BCUT2D eigenvalue weighted by atomic mass is 79.9. The maximum Gasteiger partial charge on any atom is 0.258 e. The Bertz CT molecular complexity index is 664. The molecule has 0 aliphatic carbocycles.